The van der Waals surface area contributed by atoms with Crippen molar-refractivity contribution in [3.63, 3.8) is 0 Å². The predicted octanol–water partition coefficient (Wildman–Crippen LogP) is 8.09. The summed E-state index contributed by atoms with van der Waals surface area (Å²) in [5.74, 6) is 0. The average molecular weight is 608 g/mol. The number of alkyl halides is 6. The highest BCUT2D eigenvalue weighted by Crippen LogP contribution is 2.41. The summed E-state index contributed by atoms with van der Waals surface area (Å²) in [6.45, 7) is 0.0573. The summed E-state index contributed by atoms with van der Waals surface area (Å²) in [7, 11) is -4.20. The van der Waals surface area contributed by atoms with Gasteiger partial charge in [-0.1, -0.05) is 47.5 Å². The van der Waals surface area contributed by atoms with Gasteiger partial charge in [0.05, 0.1) is 16.0 Å². The number of benzene rings is 3. The molecular formula is C27H21Cl2F6NO2S. The van der Waals surface area contributed by atoms with Crippen molar-refractivity contribution < 1.29 is 34.8 Å². The molecule has 1 atom stereocenters. The summed E-state index contributed by atoms with van der Waals surface area (Å²) in [5, 5.41) is 1.06. The lowest BCUT2D eigenvalue weighted by atomic mass is 9.92. The lowest BCUT2D eigenvalue weighted by Crippen LogP contribution is -2.44. The molecule has 1 aliphatic heterocycles. The Bertz CT molecular complexity index is 1460. The van der Waals surface area contributed by atoms with Crippen LogP contribution in [0.5, 0.6) is 0 Å². The molecule has 3 aromatic carbocycles. The number of nitrogens with zero attached hydrogens (tertiary/aromatic N) is 1. The molecule has 1 fully saturated rings. The first-order valence-electron chi connectivity index (χ1n) is 11.5. The highest BCUT2D eigenvalue weighted by Gasteiger charge is 2.39. The molecule has 1 aliphatic rings. The lowest BCUT2D eigenvalue weighted by Gasteiger charge is -2.42. The van der Waals surface area contributed by atoms with Gasteiger partial charge in [-0.05, 0) is 71.1 Å². The quantitative estimate of drug-likeness (QED) is 0.266. The van der Waals surface area contributed by atoms with E-state index in [1.165, 1.54) is 0 Å². The maximum absolute atomic E-state index is 13.5. The fourth-order valence-electron chi connectivity index (χ4n) is 4.56. The third-order valence-corrected chi connectivity index (χ3v) is 8.14. The summed E-state index contributed by atoms with van der Waals surface area (Å²) >= 11 is 12.0. The molecule has 39 heavy (non-hydrogen) atoms. The Hall–Kier alpha value is -2.53. The van der Waals surface area contributed by atoms with E-state index in [1.54, 1.807) is 24.3 Å². The van der Waals surface area contributed by atoms with Crippen LogP contribution in [-0.4, -0.2) is 32.7 Å². The molecule has 12 heteroatoms. The Morgan fingerprint density at radius 3 is 1.72 bits per heavy atom. The zero-order valence-electron chi connectivity index (χ0n) is 20.2. The minimum Gasteiger partial charge on any atom is -0.288 e. The molecule has 0 saturated carbocycles. The first kappa shape index (κ1) is 29.5. The molecule has 208 valence electrons. The van der Waals surface area contributed by atoms with E-state index in [0.29, 0.717) is 28.6 Å². The molecule has 1 saturated heterocycles. The van der Waals surface area contributed by atoms with Crippen molar-refractivity contribution in [3.05, 3.63) is 110 Å². The Morgan fingerprint density at radius 2 is 1.28 bits per heavy atom. The largest absolute Gasteiger partial charge is 0.416 e. The first-order valence-corrected chi connectivity index (χ1v) is 14.1. The van der Waals surface area contributed by atoms with Crippen LogP contribution in [0.4, 0.5) is 26.3 Å². The SMILES string of the molecule is CS(=O)(=O)C(=C1CN(C(Cc2ccc(Cl)cc2)c2ccc(Cl)cc2)C1)c1cc(C(F)(F)F)cc(C(F)(F)F)c1. The number of sulfone groups is 1. The summed E-state index contributed by atoms with van der Waals surface area (Å²) in [5.41, 5.74) is -1.80. The fraction of sp³-hybridized carbons (Fsp3) is 0.259. The summed E-state index contributed by atoms with van der Waals surface area (Å²) in [6, 6.07) is 14.7. The van der Waals surface area contributed by atoms with Crippen molar-refractivity contribution in [1.82, 2.24) is 4.90 Å². The van der Waals surface area contributed by atoms with Crippen LogP contribution in [-0.2, 0) is 28.6 Å². The van der Waals surface area contributed by atoms with Gasteiger partial charge in [0, 0.05) is 35.4 Å². The Morgan fingerprint density at radius 1 is 0.821 bits per heavy atom. The number of hydrogen-bond acceptors (Lipinski definition) is 3. The molecular weight excluding hydrogens is 587 g/mol. The Balaban J connectivity index is 1.75. The Kier molecular flexibility index (Phi) is 8.16. The van der Waals surface area contributed by atoms with Crippen LogP contribution in [0.15, 0.2) is 72.3 Å². The summed E-state index contributed by atoms with van der Waals surface area (Å²) in [6.07, 6.45) is -8.95. The molecule has 4 rings (SSSR count). The van der Waals surface area contributed by atoms with E-state index in [0.717, 1.165) is 17.4 Å². The van der Waals surface area contributed by atoms with E-state index in [-0.39, 0.29) is 30.8 Å². The number of halogens is 8. The molecule has 1 heterocycles. The van der Waals surface area contributed by atoms with Gasteiger partial charge in [0.2, 0.25) is 0 Å². The average Bonchev–Trinajstić information content (AvgIpc) is 2.79. The molecule has 0 aromatic heterocycles. The van der Waals surface area contributed by atoms with E-state index in [1.807, 2.05) is 29.2 Å². The second kappa shape index (κ2) is 10.8. The van der Waals surface area contributed by atoms with Crippen LogP contribution in [0.1, 0.15) is 33.9 Å². The van der Waals surface area contributed by atoms with Crippen LogP contribution < -0.4 is 0 Å². The Labute approximate surface area is 231 Å². The van der Waals surface area contributed by atoms with E-state index in [2.05, 4.69) is 0 Å². The van der Waals surface area contributed by atoms with Gasteiger partial charge < -0.3 is 0 Å². The van der Waals surface area contributed by atoms with Crippen LogP contribution in [0.3, 0.4) is 0 Å². The molecule has 0 amide bonds. The van der Waals surface area contributed by atoms with Gasteiger partial charge in [0.25, 0.3) is 0 Å². The lowest BCUT2D eigenvalue weighted by molar-refractivity contribution is -0.143. The second-order valence-electron chi connectivity index (χ2n) is 9.30. The highest BCUT2D eigenvalue weighted by molar-refractivity contribution is 8.00. The standard InChI is InChI=1S/C27H21Cl2F6NO2S/c1-39(37,38)25(18-11-20(26(30,31)32)13-21(12-18)27(33,34)35)19-14-36(15-19)24(17-4-8-23(29)9-5-17)10-16-2-6-22(28)7-3-16/h2-9,11-13,24H,10,14-15H2,1H3. The van der Waals surface area contributed by atoms with Gasteiger partial charge in [-0.3, -0.25) is 4.90 Å². The van der Waals surface area contributed by atoms with Crippen LogP contribution in [0, 0.1) is 0 Å². The normalized spacial score (nSPS) is 15.7. The van der Waals surface area contributed by atoms with Gasteiger partial charge in [-0.2, -0.15) is 26.3 Å². The monoisotopic (exact) mass is 607 g/mol. The maximum atomic E-state index is 13.5. The zero-order chi connectivity index (χ0) is 28.8. The zero-order valence-corrected chi connectivity index (χ0v) is 22.6. The smallest absolute Gasteiger partial charge is 0.288 e. The van der Waals surface area contributed by atoms with Crippen LogP contribution >= 0.6 is 23.2 Å². The van der Waals surface area contributed by atoms with Crippen molar-refractivity contribution in [2.24, 2.45) is 0 Å². The van der Waals surface area contributed by atoms with Crippen molar-refractivity contribution in [2.45, 2.75) is 24.8 Å². The predicted molar refractivity (Wildman–Crippen MR) is 139 cm³/mol. The summed E-state index contributed by atoms with van der Waals surface area (Å²) in [4.78, 5) is 1.37. The van der Waals surface area contributed by atoms with Crippen molar-refractivity contribution in [1.29, 1.82) is 0 Å². The van der Waals surface area contributed by atoms with Crippen LogP contribution in [0.2, 0.25) is 10.0 Å². The topological polar surface area (TPSA) is 37.4 Å². The molecule has 0 aliphatic carbocycles. The van der Waals surface area contributed by atoms with E-state index < -0.39 is 43.8 Å². The van der Waals surface area contributed by atoms with Gasteiger partial charge in [-0.25, -0.2) is 8.42 Å². The highest BCUT2D eigenvalue weighted by atomic mass is 35.5. The maximum Gasteiger partial charge on any atom is 0.416 e. The van der Waals surface area contributed by atoms with Gasteiger partial charge in [-0.15, -0.1) is 0 Å². The molecule has 0 spiro atoms. The van der Waals surface area contributed by atoms with E-state index >= 15 is 0 Å². The van der Waals surface area contributed by atoms with Crippen LogP contribution in [0.25, 0.3) is 4.91 Å². The molecule has 0 N–H and O–H groups in total. The first-order chi connectivity index (χ1) is 18.0. The van der Waals surface area contributed by atoms with E-state index in [4.69, 9.17) is 23.2 Å². The third kappa shape index (κ3) is 6.98. The molecule has 0 radical (unpaired) electrons. The van der Waals surface area contributed by atoms with Gasteiger partial charge >= 0.3 is 12.4 Å². The van der Waals surface area contributed by atoms with E-state index in [9.17, 15) is 34.8 Å². The molecule has 3 aromatic rings. The molecule has 0 bridgehead atoms. The molecule has 1 unspecified atom stereocenters. The molecule has 3 nitrogen and oxygen atoms in total. The number of likely N-dealkylation sites (tertiary alicyclic amines) is 1. The minimum absolute atomic E-state index is 0.0240. The second-order valence-corrected chi connectivity index (χ2v) is 12.1. The van der Waals surface area contributed by atoms with Crippen molar-refractivity contribution in [2.75, 3.05) is 19.3 Å². The number of rotatable bonds is 6. The number of hydrogen-bond donors (Lipinski definition) is 0. The van der Waals surface area contributed by atoms with Gasteiger partial charge in [0.15, 0.2) is 9.84 Å². The third-order valence-electron chi connectivity index (χ3n) is 6.37. The van der Waals surface area contributed by atoms with Crippen molar-refractivity contribution >= 4 is 37.9 Å². The fourth-order valence-corrected chi connectivity index (χ4v) is 6.01. The van der Waals surface area contributed by atoms with Gasteiger partial charge in [0.1, 0.15) is 0 Å². The van der Waals surface area contributed by atoms with Crippen molar-refractivity contribution in [3.8, 4) is 0 Å². The minimum atomic E-state index is -5.10. The summed E-state index contributed by atoms with van der Waals surface area (Å²) < 4.78 is 106.